The molecule has 0 radical (unpaired) electrons. The van der Waals surface area contributed by atoms with E-state index in [-0.39, 0.29) is 29.2 Å². The number of hydrogen-bond donors (Lipinski definition) is 4. The average Bonchev–Trinajstić information content (AvgIpc) is 2.78. The van der Waals surface area contributed by atoms with Crippen molar-refractivity contribution in [2.45, 2.75) is 25.8 Å². The zero-order valence-electron chi connectivity index (χ0n) is 18.0. The van der Waals surface area contributed by atoms with Gasteiger partial charge >= 0.3 is 5.69 Å². The molecule has 0 fully saturated rings. The first-order chi connectivity index (χ1) is 16.2. The van der Waals surface area contributed by atoms with Gasteiger partial charge in [-0.2, -0.15) is 0 Å². The Kier molecular flexibility index (Phi) is 7.80. The monoisotopic (exact) mass is 469 g/mol. The van der Waals surface area contributed by atoms with Crippen molar-refractivity contribution in [2.24, 2.45) is 0 Å². The van der Waals surface area contributed by atoms with Crippen molar-refractivity contribution >= 4 is 16.8 Å². The second-order valence-electron chi connectivity index (χ2n) is 7.27. The maximum atomic E-state index is 13.5. The molecule has 34 heavy (non-hydrogen) atoms. The lowest BCUT2D eigenvalue weighted by Crippen LogP contribution is -2.28. The lowest BCUT2D eigenvalue weighted by molar-refractivity contribution is -0.121. The van der Waals surface area contributed by atoms with E-state index in [1.807, 2.05) is 17.1 Å². The van der Waals surface area contributed by atoms with Crippen LogP contribution in [0.1, 0.15) is 30.6 Å². The Morgan fingerprint density at radius 2 is 1.88 bits per heavy atom. The molecule has 3 heterocycles. The molecule has 176 valence electrons. The van der Waals surface area contributed by atoms with Crippen molar-refractivity contribution in [3.8, 4) is 5.75 Å². The number of carbonyl (C=O) groups is 1. The van der Waals surface area contributed by atoms with Gasteiger partial charge in [0.2, 0.25) is 5.91 Å². The highest BCUT2D eigenvalue weighted by Crippen LogP contribution is 2.17. The molecule has 4 N–H and O–H groups in total. The fourth-order valence-corrected chi connectivity index (χ4v) is 3.14. The molecule has 0 aliphatic heterocycles. The zero-order valence-corrected chi connectivity index (χ0v) is 18.0. The largest absolute Gasteiger partial charge is 0.507 e. The van der Waals surface area contributed by atoms with Crippen molar-refractivity contribution in [3.05, 3.63) is 98.7 Å². The van der Waals surface area contributed by atoms with Gasteiger partial charge in [0.05, 0.1) is 23.4 Å². The number of carbonyl (C=O) groups excluding carboxylic acids is 1. The summed E-state index contributed by atoms with van der Waals surface area (Å²) >= 11 is 0. The minimum absolute atomic E-state index is 0.0219. The number of halogens is 2. The fourth-order valence-electron chi connectivity index (χ4n) is 3.14. The lowest BCUT2D eigenvalue weighted by Gasteiger charge is -2.14. The van der Waals surface area contributed by atoms with Crippen LogP contribution in [0, 0.1) is 11.6 Å². The van der Waals surface area contributed by atoms with Gasteiger partial charge in [-0.05, 0) is 43.2 Å². The third-order valence-corrected chi connectivity index (χ3v) is 4.76. The normalized spacial score (nSPS) is 11.4. The third kappa shape index (κ3) is 6.31. The van der Waals surface area contributed by atoms with E-state index in [0.29, 0.717) is 11.9 Å². The van der Waals surface area contributed by atoms with Gasteiger partial charge < -0.3 is 15.4 Å². The summed E-state index contributed by atoms with van der Waals surface area (Å²) < 4.78 is 26.3. The van der Waals surface area contributed by atoms with E-state index in [9.17, 15) is 28.3 Å². The van der Waals surface area contributed by atoms with Crippen LogP contribution in [0.25, 0.3) is 10.9 Å². The molecule has 0 aliphatic rings. The van der Waals surface area contributed by atoms with Gasteiger partial charge in [0.1, 0.15) is 22.8 Å². The molecule has 11 heteroatoms. The van der Waals surface area contributed by atoms with E-state index >= 15 is 0 Å². The van der Waals surface area contributed by atoms with Gasteiger partial charge in [-0.25, -0.2) is 13.6 Å². The molecule has 3 aromatic heterocycles. The standard InChI is InChI=1S/C15H15F2N3O.C8H6N2O3/c1-10(15-13(17)8-12(16)9-19-15)20-14(21)3-2-11-4-6-18-7-5-11;11-5-3-1-2-4-6(5)7(12)10-8(13)9-4/h4-10H,2-3H2,1H3,(H,20,21);1-3,11H,(H2,9,10,12,13). The van der Waals surface area contributed by atoms with E-state index in [1.165, 1.54) is 6.07 Å². The van der Waals surface area contributed by atoms with Crippen molar-refractivity contribution in [3.63, 3.8) is 0 Å². The van der Waals surface area contributed by atoms with Crippen molar-refractivity contribution in [2.75, 3.05) is 0 Å². The van der Waals surface area contributed by atoms with Gasteiger partial charge in [-0.15, -0.1) is 0 Å². The molecule has 0 bridgehead atoms. The van der Waals surface area contributed by atoms with Crippen LogP contribution >= 0.6 is 0 Å². The maximum absolute atomic E-state index is 13.5. The molecule has 0 spiro atoms. The number of hydrogen-bond acceptors (Lipinski definition) is 6. The number of nitrogens with one attached hydrogen (secondary N) is 3. The Labute approximate surface area is 191 Å². The molecular formula is C23H21F2N5O4. The van der Waals surface area contributed by atoms with Gasteiger partial charge in [0.25, 0.3) is 5.56 Å². The van der Waals surface area contributed by atoms with E-state index in [1.54, 1.807) is 31.5 Å². The first kappa shape index (κ1) is 24.2. The summed E-state index contributed by atoms with van der Waals surface area (Å²) in [6, 6.07) is 8.28. The minimum atomic E-state index is -0.767. The Bertz CT molecular complexity index is 1410. The van der Waals surface area contributed by atoms with Crippen LogP contribution in [0.2, 0.25) is 0 Å². The van der Waals surface area contributed by atoms with Gasteiger partial charge in [0.15, 0.2) is 0 Å². The number of aromatic nitrogens is 4. The molecule has 1 unspecified atom stereocenters. The quantitative estimate of drug-likeness (QED) is 0.354. The first-order valence-corrected chi connectivity index (χ1v) is 10.2. The lowest BCUT2D eigenvalue weighted by atomic mass is 10.1. The Morgan fingerprint density at radius 3 is 2.59 bits per heavy atom. The number of aromatic amines is 2. The molecule has 1 aromatic carbocycles. The molecule has 0 saturated carbocycles. The summed E-state index contributed by atoms with van der Waals surface area (Å²) in [5.74, 6) is -1.87. The number of amides is 1. The van der Waals surface area contributed by atoms with Crippen molar-refractivity contribution in [1.29, 1.82) is 0 Å². The fraction of sp³-hybridized carbons (Fsp3) is 0.174. The smallest absolute Gasteiger partial charge is 0.326 e. The number of pyridine rings is 2. The molecule has 1 amide bonds. The molecule has 4 aromatic rings. The Hall–Kier alpha value is -4.41. The topological polar surface area (TPSA) is 141 Å². The first-order valence-electron chi connectivity index (χ1n) is 10.2. The SMILES string of the molecule is CC(NC(=O)CCc1ccncc1)c1ncc(F)cc1F.O=c1[nH]c(=O)c2c(O)cccc2[nH]1. The molecule has 0 saturated heterocycles. The molecule has 4 rings (SSSR count). The summed E-state index contributed by atoms with van der Waals surface area (Å²) in [5, 5.41) is 12.0. The molecule has 9 nitrogen and oxygen atoms in total. The minimum Gasteiger partial charge on any atom is -0.507 e. The van der Waals surface area contributed by atoms with Crippen LogP contribution in [0.4, 0.5) is 8.78 Å². The van der Waals surface area contributed by atoms with Crippen LogP contribution in [0.15, 0.2) is 64.6 Å². The number of benzene rings is 1. The highest BCUT2D eigenvalue weighted by atomic mass is 19.1. The number of rotatable bonds is 5. The highest BCUT2D eigenvalue weighted by Gasteiger charge is 2.15. The predicted molar refractivity (Wildman–Crippen MR) is 120 cm³/mol. The zero-order chi connectivity index (χ0) is 24.7. The number of fused-ring (bicyclic) bond motifs is 1. The third-order valence-electron chi connectivity index (χ3n) is 4.76. The summed E-state index contributed by atoms with van der Waals surface area (Å²) in [4.78, 5) is 45.8. The van der Waals surface area contributed by atoms with E-state index in [2.05, 4.69) is 20.3 Å². The van der Waals surface area contributed by atoms with Crippen LogP contribution in [0.5, 0.6) is 5.75 Å². The van der Waals surface area contributed by atoms with E-state index in [4.69, 9.17) is 0 Å². The Morgan fingerprint density at radius 1 is 1.15 bits per heavy atom. The van der Waals surface area contributed by atoms with Gasteiger partial charge in [0, 0.05) is 24.9 Å². The van der Waals surface area contributed by atoms with Crippen LogP contribution in [0.3, 0.4) is 0 Å². The van der Waals surface area contributed by atoms with Crippen LogP contribution in [-0.4, -0.2) is 30.9 Å². The number of aryl methyl sites for hydroxylation is 1. The van der Waals surface area contributed by atoms with E-state index < -0.39 is 28.9 Å². The summed E-state index contributed by atoms with van der Waals surface area (Å²) in [6.07, 6.45) is 5.09. The van der Waals surface area contributed by atoms with Crippen LogP contribution < -0.4 is 16.6 Å². The molecule has 1 atom stereocenters. The van der Waals surface area contributed by atoms with Gasteiger partial charge in [-0.3, -0.25) is 24.5 Å². The molecular weight excluding hydrogens is 448 g/mol. The number of phenolic OH excluding ortho intramolecular Hbond substituents is 1. The number of nitrogens with zero attached hydrogens (tertiary/aromatic N) is 2. The Balaban J connectivity index is 0.000000212. The second-order valence-corrected chi connectivity index (χ2v) is 7.27. The average molecular weight is 469 g/mol. The molecule has 0 aliphatic carbocycles. The summed E-state index contributed by atoms with van der Waals surface area (Å²) in [5.41, 5.74) is 0.182. The van der Waals surface area contributed by atoms with Crippen molar-refractivity contribution in [1.82, 2.24) is 25.3 Å². The van der Waals surface area contributed by atoms with Crippen molar-refractivity contribution < 1.29 is 18.7 Å². The second kappa shape index (κ2) is 10.9. The maximum Gasteiger partial charge on any atom is 0.326 e. The summed E-state index contributed by atoms with van der Waals surface area (Å²) in [7, 11) is 0. The number of phenols is 1. The van der Waals surface area contributed by atoms with E-state index in [0.717, 1.165) is 17.8 Å². The predicted octanol–water partition coefficient (Wildman–Crippen LogP) is 2.49. The van der Waals surface area contributed by atoms with Crippen LogP contribution in [-0.2, 0) is 11.2 Å². The highest BCUT2D eigenvalue weighted by molar-refractivity contribution is 5.83. The summed E-state index contributed by atoms with van der Waals surface area (Å²) in [6.45, 7) is 1.60. The van der Waals surface area contributed by atoms with Gasteiger partial charge in [-0.1, -0.05) is 6.07 Å². The number of aromatic hydroxyl groups is 1. The number of H-pyrrole nitrogens is 2.